The lowest BCUT2D eigenvalue weighted by atomic mass is 10.1. The summed E-state index contributed by atoms with van der Waals surface area (Å²) in [7, 11) is 0. The molecule has 0 spiro atoms. The molecule has 0 heterocycles. The van der Waals surface area contributed by atoms with E-state index in [0.29, 0.717) is 5.92 Å². The van der Waals surface area contributed by atoms with Crippen LogP contribution in [0.2, 0.25) is 5.02 Å². The standard InChI is InChI=1S/C13H16ClNO/c14-12-7-3-10(4-8-12)2-1-9-15-13(16)11-5-6-11/h3-4,7-8,11H,1-2,5-6,9H2,(H,15,16). The van der Waals surface area contributed by atoms with Crippen molar-refractivity contribution in [3.63, 3.8) is 0 Å². The van der Waals surface area contributed by atoms with Crippen LogP contribution in [0.3, 0.4) is 0 Å². The molecule has 1 amide bonds. The minimum Gasteiger partial charge on any atom is -0.356 e. The van der Waals surface area contributed by atoms with Gasteiger partial charge in [0.1, 0.15) is 0 Å². The molecule has 0 unspecified atom stereocenters. The zero-order valence-electron chi connectivity index (χ0n) is 9.21. The second kappa shape index (κ2) is 5.35. The van der Waals surface area contributed by atoms with Crippen LogP contribution >= 0.6 is 11.6 Å². The molecule has 2 rings (SSSR count). The second-order valence-corrected chi connectivity index (χ2v) is 4.73. The lowest BCUT2D eigenvalue weighted by Crippen LogP contribution is -2.26. The maximum absolute atomic E-state index is 11.3. The van der Waals surface area contributed by atoms with E-state index in [1.165, 1.54) is 5.56 Å². The minimum absolute atomic E-state index is 0.233. The van der Waals surface area contributed by atoms with Crippen molar-refractivity contribution >= 4 is 17.5 Å². The quantitative estimate of drug-likeness (QED) is 0.784. The van der Waals surface area contributed by atoms with Gasteiger partial charge < -0.3 is 5.32 Å². The third-order valence-electron chi connectivity index (χ3n) is 2.80. The molecule has 1 aromatic carbocycles. The molecule has 3 heteroatoms. The van der Waals surface area contributed by atoms with E-state index in [9.17, 15) is 4.79 Å². The third kappa shape index (κ3) is 3.53. The van der Waals surface area contributed by atoms with E-state index in [2.05, 4.69) is 5.32 Å². The van der Waals surface area contributed by atoms with E-state index >= 15 is 0 Å². The zero-order chi connectivity index (χ0) is 11.4. The minimum atomic E-state index is 0.233. The third-order valence-corrected chi connectivity index (χ3v) is 3.05. The number of carbonyl (C=O) groups excluding carboxylic acids is 1. The zero-order valence-corrected chi connectivity index (χ0v) is 9.96. The molecular weight excluding hydrogens is 222 g/mol. The lowest BCUT2D eigenvalue weighted by Gasteiger charge is -2.04. The number of hydrogen-bond donors (Lipinski definition) is 1. The first-order chi connectivity index (χ1) is 7.75. The van der Waals surface area contributed by atoms with Crippen LogP contribution in [0.5, 0.6) is 0 Å². The molecule has 16 heavy (non-hydrogen) atoms. The Hall–Kier alpha value is -1.02. The van der Waals surface area contributed by atoms with Gasteiger partial charge in [-0.05, 0) is 43.4 Å². The highest BCUT2D eigenvalue weighted by Crippen LogP contribution is 2.28. The Morgan fingerprint density at radius 1 is 1.31 bits per heavy atom. The summed E-state index contributed by atoms with van der Waals surface area (Å²) in [6.45, 7) is 0.776. The number of halogens is 1. The van der Waals surface area contributed by atoms with Crippen molar-refractivity contribution in [1.82, 2.24) is 5.32 Å². The highest BCUT2D eigenvalue weighted by molar-refractivity contribution is 6.30. The van der Waals surface area contributed by atoms with Crippen molar-refractivity contribution in [2.75, 3.05) is 6.54 Å². The van der Waals surface area contributed by atoms with Crippen molar-refractivity contribution in [2.45, 2.75) is 25.7 Å². The van der Waals surface area contributed by atoms with Gasteiger partial charge in [0.25, 0.3) is 0 Å². The van der Waals surface area contributed by atoms with Gasteiger partial charge in [-0.25, -0.2) is 0 Å². The number of benzene rings is 1. The van der Waals surface area contributed by atoms with Gasteiger partial charge in [-0.1, -0.05) is 23.7 Å². The molecule has 2 nitrogen and oxygen atoms in total. The van der Waals surface area contributed by atoms with Crippen LogP contribution in [0.1, 0.15) is 24.8 Å². The maximum atomic E-state index is 11.3. The summed E-state index contributed by atoms with van der Waals surface area (Å²) in [5.41, 5.74) is 1.27. The summed E-state index contributed by atoms with van der Waals surface area (Å²) < 4.78 is 0. The first kappa shape index (κ1) is 11.5. The van der Waals surface area contributed by atoms with Gasteiger partial charge in [-0.15, -0.1) is 0 Å². The summed E-state index contributed by atoms with van der Waals surface area (Å²) >= 11 is 5.80. The van der Waals surface area contributed by atoms with Crippen LogP contribution in [0, 0.1) is 5.92 Å². The van der Waals surface area contributed by atoms with Gasteiger partial charge in [0.05, 0.1) is 0 Å². The Morgan fingerprint density at radius 3 is 2.62 bits per heavy atom. The van der Waals surface area contributed by atoms with Crippen LogP contribution in [-0.2, 0) is 11.2 Å². The molecule has 1 fully saturated rings. The summed E-state index contributed by atoms with van der Waals surface area (Å²) in [6, 6.07) is 7.87. The van der Waals surface area contributed by atoms with Gasteiger partial charge in [0.2, 0.25) is 5.91 Å². The SMILES string of the molecule is O=C(NCCCc1ccc(Cl)cc1)C1CC1. The molecule has 0 bridgehead atoms. The van der Waals surface area contributed by atoms with Crippen LogP contribution < -0.4 is 5.32 Å². The molecule has 0 radical (unpaired) electrons. The van der Waals surface area contributed by atoms with Crippen LogP contribution in [0.15, 0.2) is 24.3 Å². The van der Waals surface area contributed by atoms with E-state index in [1.54, 1.807) is 0 Å². The van der Waals surface area contributed by atoms with Crippen molar-refractivity contribution in [3.05, 3.63) is 34.9 Å². The average Bonchev–Trinajstić information content (AvgIpc) is 3.10. The monoisotopic (exact) mass is 237 g/mol. The highest BCUT2D eigenvalue weighted by atomic mass is 35.5. The molecule has 1 N–H and O–H groups in total. The van der Waals surface area contributed by atoms with Gasteiger partial charge in [0, 0.05) is 17.5 Å². The first-order valence-electron chi connectivity index (χ1n) is 5.78. The number of carbonyl (C=O) groups is 1. The van der Waals surface area contributed by atoms with Gasteiger partial charge >= 0.3 is 0 Å². The van der Waals surface area contributed by atoms with Crippen LogP contribution in [-0.4, -0.2) is 12.5 Å². The van der Waals surface area contributed by atoms with Crippen molar-refractivity contribution in [3.8, 4) is 0 Å². The lowest BCUT2D eigenvalue weighted by molar-refractivity contribution is -0.122. The Bertz CT molecular complexity index is 357. The number of amides is 1. The van der Waals surface area contributed by atoms with E-state index in [0.717, 1.165) is 37.3 Å². The normalized spacial score (nSPS) is 14.8. The predicted octanol–water partition coefficient (Wildman–Crippen LogP) is 2.80. The fourth-order valence-electron chi connectivity index (χ4n) is 1.65. The van der Waals surface area contributed by atoms with Crippen LogP contribution in [0.25, 0.3) is 0 Å². The van der Waals surface area contributed by atoms with Crippen molar-refractivity contribution in [2.24, 2.45) is 5.92 Å². The molecule has 0 aliphatic heterocycles. The van der Waals surface area contributed by atoms with E-state index in [1.807, 2.05) is 24.3 Å². The first-order valence-corrected chi connectivity index (χ1v) is 6.15. The topological polar surface area (TPSA) is 29.1 Å². The molecule has 0 atom stereocenters. The number of aryl methyl sites for hydroxylation is 1. The smallest absolute Gasteiger partial charge is 0.223 e. The molecular formula is C13H16ClNO. The van der Waals surface area contributed by atoms with Crippen molar-refractivity contribution < 1.29 is 4.79 Å². The van der Waals surface area contributed by atoms with E-state index < -0.39 is 0 Å². The Kier molecular flexibility index (Phi) is 3.83. The Balaban J connectivity index is 1.63. The van der Waals surface area contributed by atoms with Crippen molar-refractivity contribution in [1.29, 1.82) is 0 Å². The molecule has 86 valence electrons. The summed E-state index contributed by atoms with van der Waals surface area (Å²) in [4.78, 5) is 11.3. The fourth-order valence-corrected chi connectivity index (χ4v) is 1.77. The highest BCUT2D eigenvalue weighted by Gasteiger charge is 2.28. The maximum Gasteiger partial charge on any atom is 0.223 e. The van der Waals surface area contributed by atoms with E-state index in [-0.39, 0.29) is 5.91 Å². The molecule has 1 aliphatic rings. The molecule has 1 saturated carbocycles. The Morgan fingerprint density at radius 2 is 2.00 bits per heavy atom. The number of rotatable bonds is 5. The Labute approximate surface area is 101 Å². The average molecular weight is 238 g/mol. The molecule has 1 aliphatic carbocycles. The largest absolute Gasteiger partial charge is 0.356 e. The predicted molar refractivity (Wildman–Crippen MR) is 65.5 cm³/mol. The summed E-state index contributed by atoms with van der Waals surface area (Å²) in [5, 5.41) is 3.73. The van der Waals surface area contributed by atoms with E-state index in [4.69, 9.17) is 11.6 Å². The summed E-state index contributed by atoms with van der Waals surface area (Å²) in [6.07, 6.45) is 4.12. The molecule has 1 aromatic rings. The second-order valence-electron chi connectivity index (χ2n) is 4.30. The van der Waals surface area contributed by atoms with Crippen LogP contribution in [0.4, 0.5) is 0 Å². The summed E-state index contributed by atoms with van der Waals surface area (Å²) in [5.74, 6) is 0.548. The van der Waals surface area contributed by atoms with Gasteiger partial charge in [-0.2, -0.15) is 0 Å². The number of hydrogen-bond acceptors (Lipinski definition) is 1. The molecule has 0 aromatic heterocycles. The van der Waals surface area contributed by atoms with Gasteiger partial charge in [-0.3, -0.25) is 4.79 Å². The van der Waals surface area contributed by atoms with Gasteiger partial charge in [0.15, 0.2) is 0 Å². The molecule has 0 saturated heterocycles. The fraction of sp³-hybridized carbons (Fsp3) is 0.462. The number of nitrogens with one attached hydrogen (secondary N) is 1.